The third-order valence-corrected chi connectivity index (χ3v) is 4.07. The van der Waals surface area contributed by atoms with Crippen molar-refractivity contribution >= 4 is 34.2 Å². The van der Waals surface area contributed by atoms with Gasteiger partial charge in [-0.2, -0.15) is 0 Å². The topological polar surface area (TPSA) is 116 Å². The SMILES string of the molecule is COc1ccccc1NC(=O)COc1cc2oc(=O)c(NC(C)=O)cc2cc1OC. The Hall–Kier alpha value is -4.01. The lowest BCUT2D eigenvalue weighted by molar-refractivity contribution is -0.118. The minimum Gasteiger partial charge on any atom is -0.495 e. The fraction of sp³-hybridized carbons (Fsp3) is 0.190. The minimum absolute atomic E-state index is 0.0157. The van der Waals surface area contributed by atoms with E-state index in [2.05, 4.69) is 10.6 Å². The maximum Gasteiger partial charge on any atom is 0.360 e. The van der Waals surface area contributed by atoms with Gasteiger partial charge in [-0.15, -0.1) is 0 Å². The second-order valence-corrected chi connectivity index (χ2v) is 6.21. The average molecular weight is 412 g/mol. The normalized spacial score (nSPS) is 10.4. The van der Waals surface area contributed by atoms with Crippen molar-refractivity contribution in [3.05, 3.63) is 52.9 Å². The first-order valence-electron chi connectivity index (χ1n) is 8.90. The number of ether oxygens (including phenoxy) is 3. The molecule has 1 heterocycles. The van der Waals surface area contributed by atoms with E-state index in [0.717, 1.165) is 0 Å². The molecule has 0 radical (unpaired) electrons. The standard InChI is InChI=1S/C21H20N2O7/c1-12(24)22-15-8-13-9-18(28-3)19(10-17(13)30-21(15)26)29-11-20(25)23-14-6-4-5-7-16(14)27-2/h4-10H,11H2,1-3H3,(H,22,24)(H,23,25). The van der Waals surface area contributed by atoms with E-state index in [1.54, 1.807) is 30.3 Å². The number of hydrogen-bond donors (Lipinski definition) is 2. The molecule has 0 fully saturated rings. The Kier molecular flexibility index (Phi) is 6.21. The molecule has 0 spiro atoms. The molecular formula is C21H20N2O7. The van der Waals surface area contributed by atoms with E-state index in [9.17, 15) is 14.4 Å². The Morgan fingerprint density at radius 1 is 0.933 bits per heavy atom. The predicted molar refractivity (Wildman–Crippen MR) is 110 cm³/mol. The second kappa shape index (κ2) is 8.99. The van der Waals surface area contributed by atoms with Gasteiger partial charge in [-0.25, -0.2) is 4.79 Å². The fourth-order valence-electron chi connectivity index (χ4n) is 2.75. The molecule has 0 aliphatic carbocycles. The highest BCUT2D eigenvalue weighted by molar-refractivity contribution is 5.94. The highest BCUT2D eigenvalue weighted by Gasteiger charge is 2.14. The van der Waals surface area contributed by atoms with Gasteiger partial charge in [0, 0.05) is 18.4 Å². The largest absolute Gasteiger partial charge is 0.495 e. The molecule has 2 aromatic carbocycles. The summed E-state index contributed by atoms with van der Waals surface area (Å²) in [7, 11) is 2.95. The number of nitrogens with one attached hydrogen (secondary N) is 2. The van der Waals surface area contributed by atoms with Crippen molar-refractivity contribution in [3.8, 4) is 17.2 Å². The molecule has 30 heavy (non-hydrogen) atoms. The molecule has 2 amide bonds. The lowest BCUT2D eigenvalue weighted by Gasteiger charge is -2.13. The molecule has 3 rings (SSSR count). The summed E-state index contributed by atoms with van der Waals surface area (Å²) < 4.78 is 21.3. The van der Waals surface area contributed by atoms with Crippen molar-refractivity contribution in [2.45, 2.75) is 6.92 Å². The molecule has 1 aromatic heterocycles. The van der Waals surface area contributed by atoms with Crippen molar-refractivity contribution in [2.75, 3.05) is 31.5 Å². The van der Waals surface area contributed by atoms with Crippen LogP contribution in [0.15, 0.2) is 51.7 Å². The number of carbonyl (C=O) groups is 2. The maximum absolute atomic E-state index is 12.3. The highest BCUT2D eigenvalue weighted by atomic mass is 16.5. The summed E-state index contributed by atoms with van der Waals surface area (Å²) in [6.45, 7) is 0.978. The average Bonchev–Trinajstić information content (AvgIpc) is 2.72. The first kappa shape index (κ1) is 20.7. The van der Waals surface area contributed by atoms with Crippen LogP contribution in [0.25, 0.3) is 11.0 Å². The van der Waals surface area contributed by atoms with Gasteiger partial charge in [-0.3, -0.25) is 9.59 Å². The number of fused-ring (bicyclic) bond motifs is 1. The molecule has 156 valence electrons. The summed E-state index contributed by atoms with van der Waals surface area (Å²) in [4.78, 5) is 35.5. The fourth-order valence-corrected chi connectivity index (χ4v) is 2.75. The molecule has 0 unspecified atom stereocenters. The van der Waals surface area contributed by atoms with Gasteiger partial charge in [0.2, 0.25) is 5.91 Å². The third-order valence-electron chi connectivity index (χ3n) is 4.07. The highest BCUT2D eigenvalue weighted by Crippen LogP contribution is 2.33. The Bertz CT molecular complexity index is 1150. The monoisotopic (exact) mass is 412 g/mol. The van der Waals surface area contributed by atoms with Crippen molar-refractivity contribution in [3.63, 3.8) is 0 Å². The zero-order chi connectivity index (χ0) is 21.7. The van der Waals surface area contributed by atoms with Crippen LogP contribution in [-0.4, -0.2) is 32.6 Å². The number of amides is 2. The maximum atomic E-state index is 12.3. The van der Waals surface area contributed by atoms with Crippen molar-refractivity contribution in [1.82, 2.24) is 0 Å². The van der Waals surface area contributed by atoms with E-state index < -0.39 is 17.4 Å². The Labute approximate surface area is 171 Å². The van der Waals surface area contributed by atoms with Crippen LogP contribution in [0.2, 0.25) is 0 Å². The molecule has 0 aliphatic heterocycles. The zero-order valence-electron chi connectivity index (χ0n) is 16.6. The van der Waals surface area contributed by atoms with Gasteiger partial charge < -0.3 is 29.3 Å². The number of rotatable bonds is 7. The molecular weight excluding hydrogens is 392 g/mol. The molecule has 9 nitrogen and oxygen atoms in total. The van der Waals surface area contributed by atoms with Gasteiger partial charge in [0.05, 0.1) is 19.9 Å². The van der Waals surface area contributed by atoms with Crippen LogP contribution >= 0.6 is 0 Å². The Morgan fingerprint density at radius 2 is 1.67 bits per heavy atom. The van der Waals surface area contributed by atoms with Gasteiger partial charge >= 0.3 is 5.63 Å². The second-order valence-electron chi connectivity index (χ2n) is 6.21. The number of methoxy groups -OCH3 is 2. The van der Waals surface area contributed by atoms with Crippen LogP contribution in [0.1, 0.15) is 6.92 Å². The van der Waals surface area contributed by atoms with E-state index in [0.29, 0.717) is 22.6 Å². The van der Waals surface area contributed by atoms with Crippen LogP contribution in [0.4, 0.5) is 11.4 Å². The lowest BCUT2D eigenvalue weighted by Crippen LogP contribution is -2.20. The molecule has 0 aliphatic rings. The smallest absolute Gasteiger partial charge is 0.360 e. The first-order chi connectivity index (χ1) is 14.4. The zero-order valence-corrected chi connectivity index (χ0v) is 16.6. The van der Waals surface area contributed by atoms with Crippen molar-refractivity contribution in [2.24, 2.45) is 0 Å². The number of hydrogen-bond acceptors (Lipinski definition) is 7. The Balaban J connectivity index is 1.80. The Morgan fingerprint density at radius 3 is 2.37 bits per heavy atom. The lowest BCUT2D eigenvalue weighted by atomic mass is 10.2. The van der Waals surface area contributed by atoms with E-state index >= 15 is 0 Å². The summed E-state index contributed by atoms with van der Waals surface area (Å²) in [5.74, 6) is 0.260. The molecule has 0 bridgehead atoms. The van der Waals surface area contributed by atoms with Gasteiger partial charge in [-0.05, 0) is 24.3 Å². The quantitative estimate of drug-likeness (QED) is 0.573. The molecule has 0 atom stereocenters. The van der Waals surface area contributed by atoms with Crippen molar-refractivity contribution < 1.29 is 28.2 Å². The third kappa shape index (κ3) is 4.69. The summed E-state index contributed by atoms with van der Waals surface area (Å²) in [5.41, 5.74) is 0.0373. The number of benzene rings is 2. The number of carbonyl (C=O) groups excluding carboxylic acids is 2. The minimum atomic E-state index is -0.706. The van der Waals surface area contributed by atoms with Crippen LogP contribution in [0.5, 0.6) is 17.2 Å². The molecule has 2 N–H and O–H groups in total. The molecule has 3 aromatic rings. The van der Waals surface area contributed by atoms with Crippen LogP contribution in [0, 0.1) is 0 Å². The number of anilines is 2. The first-order valence-corrected chi connectivity index (χ1v) is 8.90. The van der Waals surface area contributed by atoms with Gasteiger partial charge in [0.1, 0.15) is 17.0 Å². The summed E-state index contributed by atoms with van der Waals surface area (Å²) >= 11 is 0. The summed E-state index contributed by atoms with van der Waals surface area (Å²) in [5, 5.41) is 5.62. The van der Waals surface area contributed by atoms with E-state index in [-0.39, 0.29) is 23.6 Å². The van der Waals surface area contributed by atoms with Gasteiger partial charge in [0.25, 0.3) is 5.91 Å². The summed E-state index contributed by atoms with van der Waals surface area (Å²) in [6.07, 6.45) is 0. The van der Waals surface area contributed by atoms with Crippen LogP contribution in [0.3, 0.4) is 0 Å². The van der Waals surface area contributed by atoms with E-state index in [1.165, 1.54) is 33.3 Å². The molecule has 0 saturated carbocycles. The van der Waals surface area contributed by atoms with Gasteiger partial charge in [0.15, 0.2) is 18.1 Å². The van der Waals surface area contributed by atoms with Crippen molar-refractivity contribution in [1.29, 1.82) is 0 Å². The summed E-state index contributed by atoms with van der Waals surface area (Å²) in [6, 6.07) is 11.5. The van der Waals surface area contributed by atoms with E-state index in [1.807, 2.05) is 0 Å². The van der Waals surface area contributed by atoms with Crippen LogP contribution < -0.4 is 30.5 Å². The molecule has 0 saturated heterocycles. The van der Waals surface area contributed by atoms with Gasteiger partial charge in [-0.1, -0.05) is 12.1 Å². The predicted octanol–water partition coefficient (Wildman–Crippen LogP) is 2.79. The molecule has 9 heteroatoms. The van der Waals surface area contributed by atoms with Crippen LogP contribution in [-0.2, 0) is 9.59 Å². The number of para-hydroxylation sites is 2. The van der Waals surface area contributed by atoms with E-state index in [4.69, 9.17) is 18.6 Å².